The van der Waals surface area contributed by atoms with E-state index >= 15 is 0 Å². The Labute approximate surface area is 195 Å². The van der Waals surface area contributed by atoms with Crippen LogP contribution in [0.4, 0.5) is 5.82 Å². The van der Waals surface area contributed by atoms with Crippen LogP contribution in [0.5, 0.6) is 17.2 Å². The minimum absolute atomic E-state index is 0.0913. The number of hydrogen-bond acceptors (Lipinski definition) is 8. The Morgan fingerprint density at radius 2 is 1.76 bits per heavy atom. The summed E-state index contributed by atoms with van der Waals surface area (Å²) in [5.41, 5.74) is 0.656. The Morgan fingerprint density at radius 1 is 1.06 bits per heavy atom. The smallest absolute Gasteiger partial charge is 0.301 e. The number of Topliss-reactive ketones (excluding diaryl/α,β-unsaturated/α-hetero) is 1. The van der Waals surface area contributed by atoms with Gasteiger partial charge in [-0.2, -0.15) is 0 Å². The zero-order valence-electron chi connectivity index (χ0n) is 18.9. The van der Waals surface area contributed by atoms with Crippen LogP contribution in [0.15, 0.2) is 58.6 Å². The molecule has 3 aromatic rings. The molecule has 1 aromatic heterocycles. The quantitative estimate of drug-likeness (QED) is 0.304. The number of hydrogen-bond donors (Lipinski definition) is 2. The monoisotopic (exact) mass is 464 g/mol. The third-order valence-electron chi connectivity index (χ3n) is 5.34. The third-order valence-corrected chi connectivity index (χ3v) is 5.34. The first-order valence-electron chi connectivity index (χ1n) is 10.8. The van der Waals surface area contributed by atoms with E-state index in [1.807, 2.05) is 6.92 Å². The molecule has 1 aliphatic heterocycles. The molecule has 1 atom stereocenters. The standard InChI is InChI=1S/C25H24N2O7/c1-4-32-17-9-6-15(7-10-17)23(29)21-22(16-8-11-18(28)19(13-16)33-5-2)27(25(31)24(21)30)20-12-14(3)34-26-20/h6-13,22,28-29H,4-5H2,1-3H3. The highest BCUT2D eigenvalue weighted by Gasteiger charge is 2.48. The van der Waals surface area contributed by atoms with E-state index in [1.54, 1.807) is 44.2 Å². The Hall–Kier alpha value is -4.27. The maximum absolute atomic E-state index is 13.2. The van der Waals surface area contributed by atoms with Crippen LogP contribution in [0.25, 0.3) is 5.76 Å². The topological polar surface area (TPSA) is 122 Å². The number of anilines is 1. The Morgan fingerprint density at radius 3 is 2.38 bits per heavy atom. The van der Waals surface area contributed by atoms with Gasteiger partial charge in [0.1, 0.15) is 17.3 Å². The number of nitrogens with zero attached hydrogens (tertiary/aromatic N) is 2. The van der Waals surface area contributed by atoms with E-state index in [1.165, 1.54) is 23.1 Å². The summed E-state index contributed by atoms with van der Waals surface area (Å²) in [4.78, 5) is 27.4. The normalized spacial score (nSPS) is 17.3. The molecule has 9 nitrogen and oxygen atoms in total. The number of phenolic OH excluding ortho intramolecular Hbond substituents is 1. The van der Waals surface area contributed by atoms with Gasteiger partial charge in [0.25, 0.3) is 5.78 Å². The van der Waals surface area contributed by atoms with Crippen molar-refractivity contribution in [3.8, 4) is 17.2 Å². The summed E-state index contributed by atoms with van der Waals surface area (Å²) >= 11 is 0. The van der Waals surface area contributed by atoms with Crippen molar-refractivity contribution in [1.29, 1.82) is 0 Å². The molecule has 2 heterocycles. The number of phenols is 1. The van der Waals surface area contributed by atoms with Crippen molar-refractivity contribution in [2.45, 2.75) is 26.8 Å². The molecule has 0 radical (unpaired) electrons. The molecule has 0 aliphatic carbocycles. The number of ether oxygens (including phenoxy) is 2. The largest absolute Gasteiger partial charge is 0.507 e. The highest BCUT2D eigenvalue weighted by molar-refractivity contribution is 6.51. The first-order valence-corrected chi connectivity index (χ1v) is 10.8. The number of carbonyl (C=O) groups excluding carboxylic acids is 2. The predicted octanol–water partition coefficient (Wildman–Crippen LogP) is 4.11. The number of aromatic nitrogens is 1. The van der Waals surface area contributed by atoms with Gasteiger partial charge in [0.05, 0.1) is 24.8 Å². The van der Waals surface area contributed by atoms with Crippen molar-refractivity contribution in [2.24, 2.45) is 0 Å². The molecular weight excluding hydrogens is 440 g/mol. The number of rotatable bonds is 7. The first kappa shape index (κ1) is 22.9. The second-order valence-corrected chi connectivity index (χ2v) is 7.58. The summed E-state index contributed by atoms with van der Waals surface area (Å²) < 4.78 is 16.1. The van der Waals surface area contributed by atoms with E-state index in [-0.39, 0.29) is 28.6 Å². The van der Waals surface area contributed by atoms with Gasteiger partial charge in [0.15, 0.2) is 17.3 Å². The molecule has 34 heavy (non-hydrogen) atoms. The SMILES string of the molecule is CCOc1ccc(C(O)=C2C(=O)C(=O)N(c3cc(C)on3)C2c2ccc(O)c(OCC)c2)cc1. The fourth-order valence-electron chi connectivity index (χ4n) is 3.85. The molecule has 1 amide bonds. The molecule has 0 saturated carbocycles. The van der Waals surface area contributed by atoms with Crippen LogP contribution in [-0.4, -0.2) is 40.3 Å². The van der Waals surface area contributed by atoms with E-state index < -0.39 is 17.7 Å². The Balaban J connectivity index is 1.90. The van der Waals surface area contributed by atoms with Crippen LogP contribution < -0.4 is 14.4 Å². The van der Waals surface area contributed by atoms with Crippen molar-refractivity contribution in [2.75, 3.05) is 18.1 Å². The fraction of sp³-hybridized carbons (Fsp3) is 0.240. The molecule has 0 spiro atoms. The summed E-state index contributed by atoms with van der Waals surface area (Å²) in [5, 5.41) is 25.2. The molecule has 0 bridgehead atoms. The van der Waals surface area contributed by atoms with Crippen LogP contribution in [0.1, 0.15) is 36.8 Å². The van der Waals surface area contributed by atoms with Gasteiger partial charge in [-0.05, 0) is 62.7 Å². The summed E-state index contributed by atoms with van der Waals surface area (Å²) in [5.74, 6) is -0.812. The van der Waals surface area contributed by atoms with Gasteiger partial charge in [0.2, 0.25) is 0 Å². The lowest BCUT2D eigenvalue weighted by Gasteiger charge is -2.23. The van der Waals surface area contributed by atoms with Crippen LogP contribution in [-0.2, 0) is 9.59 Å². The maximum Gasteiger partial charge on any atom is 0.301 e. The number of carbonyl (C=O) groups is 2. The van der Waals surface area contributed by atoms with Gasteiger partial charge in [-0.15, -0.1) is 0 Å². The number of aryl methyl sites for hydroxylation is 1. The van der Waals surface area contributed by atoms with Gasteiger partial charge in [-0.1, -0.05) is 11.2 Å². The van der Waals surface area contributed by atoms with E-state index in [2.05, 4.69) is 5.16 Å². The van der Waals surface area contributed by atoms with E-state index in [9.17, 15) is 19.8 Å². The van der Waals surface area contributed by atoms with Crippen molar-refractivity contribution in [3.63, 3.8) is 0 Å². The average Bonchev–Trinajstić information content (AvgIpc) is 3.36. The van der Waals surface area contributed by atoms with Gasteiger partial charge < -0.3 is 24.2 Å². The molecule has 4 rings (SSSR count). The van der Waals surface area contributed by atoms with Gasteiger partial charge in [-0.25, -0.2) is 0 Å². The Kier molecular flexibility index (Phi) is 6.27. The maximum atomic E-state index is 13.2. The minimum Gasteiger partial charge on any atom is -0.507 e. The lowest BCUT2D eigenvalue weighted by atomic mass is 9.95. The minimum atomic E-state index is -1.03. The molecule has 1 fully saturated rings. The van der Waals surface area contributed by atoms with Gasteiger partial charge >= 0.3 is 5.91 Å². The number of amides is 1. The van der Waals surface area contributed by atoms with Crippen molar-refractivity contribution >= 4 is 23.3 Å². The molecule has 1 unspecified atom stereocenters. The average molecular weight is 464 g/mol. The summed E-state index contributed by atoms with van der Waals surface area (Å²) in [6, 6.07) is 11.5. The zero-order chi connectivity index (χ0) is 24.4. The summed E-state index contributed by atoms with van der Waals surface area (Å²) in [6.07, 6.45) is 0. The number of benzene rings is 2. The second-order valence-electron chi connectivity index (χ2n) is 7.58. The lowest BCUT2D eigenvalue weighted by Crippen LogP contribution is -2.29. The summed E-state index contributed by atoms with van der Waals surface area (Å²) in [6.45, 7) is 6.07. The predicted molar refractivity (Wildman–Crippen MR) is 123 cm³/mol. The molecule has 9 heteroatoms. The summed E-state index contributed by atoms with van der Waals surface area (Å²) in [7, 11) is 0. The fourth-order valence-corrected chi connectivity index (χ4v) is 3.85. The van der Waals surface area contributed by atoms with Crippen molar-refractivity contribution in [1.82, 2.24) is 5.16 Å². The van der Waals surface area contributed by atoms with Gasteiger partial charge in [0, 0.05) is 11.6 Å². The molecule has 176 valence electrons. The molecule has 2 N–H and O–H groups in total. The van der Waals surface area contributed by atoms with Gasteiger partial charge in [-0.3, -0.25) is 14.5 Å². The molecule has 2 aromatic carbocycles. The van der Waals surface area contributed by atoms with Crippen molar-refractivity contribution in [3.05, 3.63) is 71.0 Å². The van der Waals surface area contributed by atoms with Crippen molar-refractivity contribution < 1.29 is 33.8 Å². The number of ketones is 1. The lowest BCUT2D eigenvalue weighted by molar-refractivity contribution is -0.132. The number of aliphatic hydroxyl groups excluding tert-OH is 1. The highest BCUT2D eigenvalue weighted by Crippen LogP contribution is 2.43. The number of aromatic hydroxyl groups is 1. The van der Waals surface area contributed by atoms with Crippen LogP contribution in [0.2, 0.25) is 0 Å². The second kappa shape index (κ2) is 9.30. The molecular formula is C25H24N2O7. The first-order chi connectivity index (χ1) is 16.3. The third kappa shape index (κ3) is 4.07. The molecule has 1 saturated heterocycles. The zero-order valence-corrected chi connectivity index (χ0v) is 18.9. The van der Waals surface area contributed by atoms with Crippen LogP contribution in [0, 0.1) is 6.92 Å². The van der Waals surface area contributed by atoms with Crippen LogP contribution in [0.3, 0.4) is 0 Å². The van der Waals surface area contributed by atoms with E-state index in [0.29, 0.717) is 35.9 Å². The van der Waals surface area contributed by atoms with Crippen LogP contribution >= 0.6 is 0 Å². The van der Waals surface area contributed by atoms with E-state index in [0.717, 1.165) is 0 Å². The Bertz CT molecular complexity index is 1260. The van der Waals surface area contributed by atoms with E-state index in [4.69, 9.17) is 14.0 Å². The highest BCUT2D eigenvalue weighted by atomic mass is 16.5. The number of aliphatic hydroxyl groups is 1. The molecule has 1 aliphatic rings.